The number of halogens is 1. The summed E-state index contributed by atoms with van der Waals surface area (Å²) in [5.74, 6) is 0.245. The van der Waals surface area contributed by atoms with Crippen LogP contribution in [0.25, 0.3) is 0 Å². The van der Waals surface area contributed by atoms with E-state index >= 15 is 0 Å². The minimum absolute atomic E-state index is 0.0475. The molecule has 2 amide bonds. The number of hydrogen-bond acceptors (Lipinski definition) is 3. The predicted octanol–water partition coefficient (Wildman–Crippen LogP) is 3.90. The van der Waals surface area contributed by atoms with Crippen molar-refractivity contribution in [2.75, 3.05) is 25.0 Å². The van der Waals surface area contributed by atoms with Crippen molar-refractivity contribution in [3.63, 3.8) is 0 Å². The van der Waals surface area contributed by atoms with Gasteiger partial charge in [0, 0.05) is 23.8 Å². The zero-order chi connectivity index (χ0) is 19.2. The number of carbonyl (C=O) groups excluding carboxylic acids is 2. The summed E-state index contributed by atoms with van der Waals surface area (Å²) in [6.07, 6.45) is 1.58. The summed E-state index contributed by atoms with van der Waals surface area (Å²) in [4.78, 5) is 26.7. The van der Waals surface area contributed by atoms with Crippen LogP contribution in [0.3, 0.4) is 0 Å². The highest BCUT2D eigenvalue weighted by Crippen LogP contribution is 2.22. The molecule has 1 N–H and O–H groups in total. The van der Waals surface area contributed by atoms with Crippen LogP contribution in [0.4, 0.5) is 5.69 Å². The van der Waals surface area contributed by atoms with Crippen LogP contribution in [-0.2, 0) is 9.59 Å². The smallest absolute Gasteiger partial charge is 0.260 e. The fourth-order valence-electron chi connectivity index (χ4n) is 3.13. The van der Waals surface area contributed by atoms with Crippen LogP contribution in [0, 0.1) is 12.8 Å². The van der Waals surface area contributed by atoms with Gasteiger partial charge in [-0.2, -0.15) is 0 Å². The molecule has 1 saturated heterocycles. The first kappa shape index (κ1) is 19.2. The SMILES string of the molecule is Cc1cc(OCC(=O)N2CCC[C@@H](C(=O)Nc3ccccc3)C2)ccc1Cl. The van der Waals surface area contributed by atoms with Crippen molar-refractivity contribution >= 4 is 29.1 Å². The highest BCUT2D eigenvalue weighted by atomic mass is 35.5. The monoisotopic (exact) mass is 386 g/mol. The molecule has 0 unspecified atom stereocenters. The van der Waals surface area contributed by atoms with Gasteiger partial charge in [-0.3, -0.25) is 9.59 Å². The summed E-state index contributed by atoms with van der Waals surface area (Å²) in [6, 6.07) is 14.7. The highest BCUT2D eigenvalue weighted by Gasteiger charge is 2.28. The second-order valence-electron chi connectivity index (χ2n) is 6.73. The van der Waals surface area contributed by atoms with E-state index in [1.54, 1.807) is 17.0 Å². The predicted molar refractivity (Wildman–Crippen MR) is 106 cm³/mol. The van der Waals surface area contributed by atoms with Gasteiger partial charge in [-0.1, -0.05) is 29.8 Å². The van der Waals surface area contributed by atoms with Gasteiger partial charge in [-0.15, -0.1) is 0 Å². The summed E-state index contributed by atoms with van der Waals surface area (Å²) in [7, 11) is 0. The molecule has 0 aromatic heterocycles. The molecular weight excluding hydrogens is 364 g/mol. The Kier molecular flexibility index (Phi) is 6.35. The van der Waals surface area contributed by atoms with E-state index in [0.29, 0.717) is 23.9 Å². The van der Waals surface area contributed by atoms with Crippen LogP contribution in [0.1, 0.15) is 18.4 Å². The number of aryl methyl sites for hydroxylation is 1. The molecule has 2 aromatic carbocycles. The van der Waals surface area contributed by atoms with E-state index < -0.39 is 0 Å². The second-order valence-corrected chi connectivity index (χ2v) is 7.14. The number of rotatable bonds is 5. The maximum Gasteiger partial charge on any atom is 0.260 e. The minimum atomic E-state index is -0.208. The quantitative estimate of drug-likeness (QED) is 0.847. The third-order valence-electron chi connectivity index (χ3n) is 4.68. The number of ether oxygens (including phenoxy) is 1. The number of nitrogens with one attached hydrogen (secondary N) is 1. The molecule has 5 nitrogen and oxygen atoms in total. The summed E-state index contributed by atoms with van der Waals surface area (Å²) in [5, 5.41) is 3.58. The molecule has 0 bridgehead atoms. The first-order valence-electron chi connectivity index (χ1n) is 9.05. The molecule has 1 aliphatic rings. The van der Waals surface area contributed by atoms with Crippen LogP contribution in [-0.4, -0.2) is 36.4 Å². The lowest BCUT2D eigenvalue weighted by Crippen LogP contribution is -2.45. The number of carbonyl (C=O) groups is 2. The number of hydrogen-bond donors (Lipinski definition) is 1. The molecule has 0 spiro atoms. The lowest BCUT2D eigenvalue weighted by Gasteiger charge is -2.32. The van der Waals surface area contributed by atoms with Crippen molar-refractivity contribution in [3.05, 3.63) is 59.1 Å². The Labute approximate surface area is 164 Å². The van der Waals surface area contributed by atoms with E-state index in [0.717, 1.165) is 24.1 Å². The van der Waals surface area contributed by atoms with Gasteiger partial charge < -0.3 is 15.0 Å². The van der Waals surface area contributed by atoms with Gasteiger partial charge in [0.1, 0.15) is 5.75 Å². The fraction of sp³-hybridized carbons (Fsp3) is 0.333. The number of piperidine rings is 1. The highest BCUT2D eigenvalue weighted by molar-refractivity contribution is 6.31. The Morgan fingerprint density at radius 1 is 1.22 bits per heavy atom. The number of amides is 2. The van der Waals surface area contributed by atoms with Crippen LogP contribution >= 0.6 is 11.6 Å². The third-order valence-corrected chi connectivity index (χ3v) is 5.10. The zero-order valence-corrected chi connectivity index (χ0v) is 16.0. The van der Waals surface area contributed by atoms with E-state index in [-0.39, 0.29) is 24.3 Å². The normalized spacial score (nSPS) is 16.7. The average molecular weight is 387 g/mol. The molecule has 27 heavy (non-hydrogen) atoms. The van der Waals surface area contributed by atoms with Crippen LogP contribution in [0.5, 0.6) is 5.75 Å². The molecule has 6 heteroatoms. The topological polar surface area (TPSA) is 58.6 Å². The molecule has 1 atom stereocenters. The summed E-state index contributed by atoms with van der Waals surface area (Å²) >= 11 is 6.00. The molecule has 2 aromatic rings. The van der Waals surface area contributed by atoms with E-state index in [1.165, 1.54) is 0 Å². The number of anilines is 1. The minimum Gasteiger partial charge on any atom is -0.484 e. The average Bonchev–Trinajstić information content (AvgIpc) is 2.69. The van der Waals surface area contributed by atoms with E-state index in [9.17, 15) is 9.59 Å². The van der Waals surface area contributed by atoms with Crippen molar-refractivity contribution < 1.29 is 14.3 Å². The maximum absolute atomic E-state index is 12.5. The van der Waals surface area contributed by atoms with Crippen molar-refractivity contribution in [2.45, 2.75) is 19.8 Å². The molecule has 0 radical (unpaired) electrons. The first-order valence-corrected chi connectivity index (χ1v) is 9.43. The molecule has 142 valence electrons. The molecule has 0 aliphatic carbocycles. The number of likely N-dealkylation sites (tertiary alicyclic amines) is 1. The Bertz CT molecular complexity index is 810. The molecule has 3 rings (SSSR count). The lowest BCUT2D eigenvalue weighted by molar-refractivity contribution is -0.136. The summed E-state index contributed by atoms with van der Waals surface area (Å²) in [6.45, 7) is 2.91. The standard InChI is InChI=1S/C21H23ClN2O3/c1-15-12-18(9-10-19(15)22)27-14-20(25)24-11-5-6-16(13-24)21(26)23-17-7-3-2-4-8-17/h2-4,7-10,12,16H,5-6,11,13-14H2,1H3,(H,23,26)/t16-/m1/s1. The molecule has 1 heterocycles. The van der Waals surface area contributed by atoms with Gasteiger partial charge in [-0.05, 0) is 55.7 Å². The Morgan fingerprint density at radius 3 is 2.74 bits per heavy atom. The number of para-hydroxylation sites is 1. The van der Waals surface area contributed by atoms with Crippen molar-refractivity contribution in [3.8, 4) is 5.75 Å². The van der Waals surface area contributed by atoms with Crippen LogP contribution in [0.2, 0.25) is 5.02 Å². The van der Waals surface area contributed by atoms with E-state index in [2.05, 4.69) is 5.32 Å². The van der Waals surface area contributed by atoms with Gasteiger partial charge in [0.25, 0.3) is 5.91 Å². The number of nitrogens with zero attached hydrogens (tertiary/aromatic N) is 1. The van der Waals surface area contributed by atoms with Gasteiger partial charge in [0.05, 0.1) is 5.92 Å². The van der Waals surface area contributed by atoms with E-state index in [4.69, 9.17) is 16.3 Å². The third kappa shape index (κ3) is 5.23. The van der Waals surface area contributed by atoms with Crippen LogP contribution < -0.4 is 10.1 Å². The largest absolute Gasteiger partial charge is 0.484 e. The van der Waals surface area contributed by atoms with Crippen LogP contribution in [0.15, 0.2) is 48.5 Å². The van der Waals surface area contributed by atoms with E-state index in [1.807, 2.05) is 43.3 Å². The summed E-state index contributed by atoms with van der Waals surface area (Å²) in [5.41, 5.74) is 1.67. The van der Waals surface area contributed by atoms with Gasteiger partial charge >= 0.3 is 0 Å². The lowest BCUT2D eigenvalue weighted by atomic mass is 9.97. The van der Waals surface area contributed by atoms with Crippen molar-refractivity contribution in [1.29, 1.82) is 0 Å². The maximum atomic E-state index is 12.5. The van der Waals surface area contributed by atoms with Crippen molar-refractivity contribution in [2.24, 2.45) is 5.92 Å². The Hall–Kier alpha value is -2.53. The Morgan fingerprint density at radius 2 is 2.00 bits per heavy atom. The van der Waals surface area contributed by atoms with Gasteiger partial charge in [0.2, 0.25) is 5.91 Å². The first-order chi connectivity index (χ1) is 13.0. The number of benzene rings is 2. The second kappa shape index (κ2) is 8.91. The molecule has 1 fully saturated rings. The van der Waals surface area contributed by atoms with Gasteiger partial charge in [0.15, 0.2) is 6.61 Å². The zero-order valence-electron chi connectivity index (χ0n) is 15.3. The molecule has 1 aliphatic heterocycles. The molecular formula is C21H23ClN2O3. The molecule has 0 saturated carbocycles. The Balaban J connectivity index is 1.52. The van der Waals surface area contributed by atoms with Gasteiger partial charge in [-0.25, -0.2) is 0 Å². The van der Waals surface area contributed by atoms with Crippen molar-refractivity contribution in [1.82, 2.24) is 4.90 Å². The summed E-state index contributed by atoms with van der Waals surface area (Å²) < 4.78 is 5.60. The fourth-order valence-corrected chi connectivity index (χ4v) is 3.24.